The number of alkyl halides is 3. The third-order valence-corrected chi connectivity index (χ3v) is 3.80. The van der Waals surface area contributed by atoms with Gasteiger partial charge >= 0.3 is 6.18 Å². The lowest BCUT2D eigenvalue weighted by Crippen LogP contribution is -2.11. The van der Waals surface area contributed by atoms with Gasteiger partial charge in [-0.2, -0.15) is 13.2 Å². The zero-order valence-electron chi connectivity index (χ0n) is 8.16. The zero-order chi connectivity index (χ0) is 11.3. The van der Waals surface area contributed by atoms with Gasteiger partial charge in [0.15, 0.2) is 0 Å². The van der Waals surface area contributed by atoms with Crippen molar-refractivity contribution < 1.29 is 13.2 Å². The van der Waals surface area contributed by atoms with Crippen molar-refractivity contribution in [3.8, 4) is 0 Å². The summed E-state index contributed by atoms with van der Waals surface area (Å²) >= 11 is 1.50. The maximum absolute atomic E-state index is 12.4. The average Bonchev–Trinajstić information content (AvgIpc) is 2.89. The minimum atomic E-state index is -4.05. The summed E-state index contributed by atoms with van der Waals surface area (Å²) in [4.78, 5) is 4.11. The third-order valence-electron chi connectivity index (χ3n) is 2.99. The molecular weight excluding hydrogens is 235 g/mol. The van der Waals surface area contributed by atoms with E-state index in [1.54, 1.807) is 17.6 Å². The van der Waals surface area contributed by atoms with Gasteiger partial charge in [0, 0.05) is 0 Å². The molecule has 2 atom stereocenters. The summed E-state index contributed by atoms with van der Waals surface area (Å²) in [6, 6.07) is 5.42. The fourth-order valence-corrected chi connectivity index (χ4v) is 2.69. The topological polar surface area (TPSA) is 12.9 Å². The Balaban J connectivity index is 1.91. The van der Waals surface area contributed by atoms with Crippen LogP contribution in [0, 0.1) is 5.92 Å². The SMILES string of the molecule is FC(F)(F)[C@@H]1C[C@H]1c1ccc2scnc2c1. The Bertz CT molecular complexity index is 531. The van der Waals surface area contributed by atoms with E-state index in [9.17, 15) is 13.2 Å². The normalized spacial score (nSPS) is 24.9. The number of thiazole rings is 1. The molecule has 3 rings (SSSR count). The lowest BCUT2D eigenvalue weighted by atomic mass is 10.1. The molecule has 0 unspecified atom stereocenters. The Hall–Kier alpha value is -1.10. The molecule has 0 aliphatic heterocycles. The second kappa shape index (κ2) is 3.20. The second-order valence-electron chi connectivity index (χ2n) is 4.07. The van der Waals surface area contributed by atoms with E-state index in [4.69, 9.17) is 0 Å². The summed E-state index contributed by atoms with van der Waals surface area (Å²) in [5.41, 5.74) is 3.28. The summed E-state index contributed by atoms with van der Waals surface area (Å²) in [5.74, 6) is -1.50. The van der Waals surface area contributed by atoms with Crippen molar-refractivity contribution in [3.05, 3.63) is 29.3 Å². The van der Waals surface area contributed by atoms with Gasteiger partial charge in [-0.15, -0.1) is 11.3 Å². The van der Waals surface area contributed by atoms with Crippen molar-refractivity contribution in [2.24, 2.45) is 5.92 Å². The Kier molecular flexibility index (Phi) is 2.01. The molecule has 1 heterocycles. The standard InChI is InChI=1S/C11H8F3NS/c12-11(13,14)8-4-7(8)6-1-2-10-9(3-6)15-5-16-10/h1-3,5,7-8H,4H2/t7-,8+/m0/s1. The molecule has 0 amide bonds. The van der Waals surface area contributed by atoms with Crippen molar-refractivity contribution in [1.29, 1.82) is 0 Å². The number of hydrogen-bond donors (Lipinski definition) is 0. The zero-order valence-corrected chi connectivity index (χ0v) is 8.98. The van der Waals surface area contributed by atoms with E-state index < -0.39 is 12.1 Å². The highest BCUT2D eigenvalue weighted by Gasteiger charge is 2.56. The molecule has 1 saturated carbocycles. The highest BCUT2D eigenvalue weighted by molar-refractivity contribution is 7.16. The number of fused-ring (bicyclic) bond motifs is 1. The van der Waals surface area contributed by atoms with E-state index in [1.165, 1.54) is 11.3 Å². The molecule has 5 heteroatoms. The first-order chi connectivity index (χ1) is 7.55. The van der Waals surface area contributed by atoms with E-state index in [0.717, 1.165) is 15.8 Å². The summed E-state index contributed by atoms with van der Waals surface area (Å²) in [6.45, 7) is 0. The van der Waals surface area contributed by atoms with Gasteiger partial charge in [-0.25, -0.2) is 4.98 Å². The Morgan fingerprint density at radius 1 is 1.31 bits per heavy atom. The van der Waals surface area contributed by atoms with Crippen molar-refractivity contribution in [2.75, 3.05) is 0 Å². The Labute approximate surface area is 93.9 Å². The van der Waals surface area contributed by atoms with Crippen LogP contribution in [0.5, 0.6) is 0 Å². The summed E-state index contributed by atoms with van der Waals surface area (Å²) < 4.78 is 38.3. The van der Waals surface area contributed by atoms with E-state index in [2.05, 4.69) is 4.98 Å². The van der Waals surface area contributed by atoms with Crippen LogP contribution >= 0.6 is 11.3 Å². The number of benzene rings is 1. The van der Waals surface area contributed by atoms with Crippen LogP contribution in [0.15, 0.2) is 23.7 Å². The van der Waals surface area contributed by atoms with Crippen LogP contribution in [-0.2, 0) is 0 Å². The molecule has 1 aliphatic rings. The predicted octanol–water partition coefficient (Wildman–Crippen LogP) is 3.96. The van der Waals surface area contributed by atoms with Crippen LogP contribution in [-0.4, -0.2) is 11.2 Å². The summed E-state index contributed by atoms with van der Waals surface area (Å²) in [7, 11) is 0. The highest BCUT2D eigenvalue weighted by atomic mass is 32.1. The van der Waals surface area contributed by atoms with Gasteiger partial charge in [0.05, 0.1) is 21.6 Å². The molecule has 0 saturated heterocycles. The number of nitrogens with zero attached hydrogens (tertiary/aromatic N) is 1. The van der Waals surface area contributed by atoms with Crippen LogP contribution in [0.1, 0.15) is 17.9 Å². The van der Waals surface area contributed by atoms with Crippen molar-refractivity contribution in [3.63, 3.8) is 0 Å². The summed E-state index contributed by atoms with van der Waals surface area (Å²) in [5, 5.41) is 0. The molecule has 0 N–H and O–H groups in total. The molecule has 1 aromatic carbocycles. The van der Waals surface area contributed by atoms with Gasteiger partial charge in [-0.05, 0) is 30.0 Å². The van der Waals surface area contributed by atoms with E-state index in [-0.39, 0.29) is 12.3 Å². The number of hydrogen-bond acceptors (Lipinski definition) is 2. The van der Waals surface area contributed by atoms with Crippen molar-refractivity contribution in [2.45, 2.75) is 18.5 Å². The quantitative estimate of drug-likeness (QED) is 0.738. The third kappa shape index (κ3) is 1.59. The fraction of sp³-hybridized carbons (Fsp3) is 0.364. The molecule has 2 aromatic rings. The minimum Gasteiger partial charge on any atom is -0.245 e. The van der Waals surface area contributed by atoms with Gasteiger partial charge in [0.25, 0.3) is 0 Å². The molecule has 16 heavy (non-hydrogen) atoms. The van der Waals surface area contributed by atoms with Crippen molar-refractivity contribution in [1.82, 2.24) is 4.98 Å². The van der Waals surface area contributed by atoms with Gasteiger partial charge in [0.2, 0.25) is 0 Å². The molecule has 0 radical (unpaired) electrons. The van der Waals surface area contributed by atoms with Crippen LogP contribution < -0.4 is 0 Å². The van der Waals surface area contributed by atoms with Gasteiger partial charge in [0.1, 0.15) is 0 Å². The van der Waals surface area contributed by atoms with E-state index in [1.807, 2.05) is 6.07 Å². The van der Waals surface area contributed by atoms with E-state index in [0.29, 0.717) is 0 Å². The van der Waals surface area contributed by atoms with E-state index >= 15 is 0 Å². The average molecular weight is 243 g/mol. The van der Waals surface area contributed by atoms with Gasteiger partial charge in [-0.1, -0.05) is 6.07 Å². The lowest BCUT2D eigenvalue weighted by Gasteiger charge is -2.05. The maximum atomic E-state index is 12.4. The summed E-state index contributed by atoms with van der Waals surface area (Å²) in [6.07, 6.45) is -3.83. The predicted molar refractivity (Wildman–Crippen MR) is 56.5 cm³/mol. The van der Waals surface area contributed by atoms with Gasteiger partial charge in [-0.3, -0.25) is 0 Å². The molecule has 1 nitrogen and oxygen atoms in total. The maximum Gasteiger partial charge on any atom is 0.392 e. The smallest absolute Gasteiger partial charge is 0.245 e. The number of halogens is 3. The highest BCUT2D eigenvalue weighted by Crippen LogP contribution is 2.56. The first kappa shape index (κ1) is 10.1. The largest absolute Gasteiger partial charge is 0.392 e. The van der Waals surface area contributed by atoms with Crippen molar-refractivity contribution >= 4 is 21.6 Å². The number of rotatable bonds is 1. The van der Waals surface area contributed by atoms with Crippen LogP contribution in [0.4, 0.5) is 13.2 Å². The van der Waals surface area contributed by atoms with Gasteiger partial charge < -0.3 is 0 Å². The molecule has 1 aromatic heterocycles. The molecular formula is C11H8F3NS. The molecule has 84 valence electrons. The number of aromatic nitrogens is 1. The van der Waals surface area contributed by atoms with Crippen LogP contribution in [0.25, 0.3) is 10.2 Å². The Morgan fingerprint density at radius 2 is 2.12 bits per heavy atom. The molecule has 0 bridgehead atoms. The fourth-order valence-electron chi connectivity index (χ4n) is 2.03. The Morgan fingerprint density at radius 3 is 2.81 bits per heavy atom. The lowest BCUT2D eigenvalue weighted by molar-refractivity contribution is -0.148. The monoisotopic (exact) mass is 243 g/mol. The second-order valence-corrected chi connectivity index (χ2v) is 4.96. The molecule has 0 spiro atoms. The first-order valence-corrected chi connectivity index (χ1v) is 5.83. The molecule has 1 aliphatic carbocycles. The molecule has 1 fully saturated rings. The minimum absolute atomic E-state index is 0.221. The van der Waals surface area contributed by atoms with Crippen LogP contribution in [0.2, 0.25) is 0 Å². The first-order valence-electron chi connectivity index (χ1n) is 4.95. The van der Waals surface area contributed by atoms with Crippen LogP contribution in [0.3, 0.4) is 0 Å².